The van der Waals surface area contributed by atoms with E-state index in [1.807, 2.05) is 11.9 Å². The smallest absolute Gasteiger partial charge is 0.254 e. The molecule has 126 valence electrons. The van der Waals surface area contributed by atoms with Crippen molar-refractivity contribution in [2.45, 2.75) is 38.3 Å². The van der Waals surface area contributed by atoms with Crippen molar-refractivity contribution in [3.05, 3.63) is 35.1 Å². The Hall–Kier alpha value is -1.46. The van der Waals surface area contributed by atoms with Gasteiger partial charge < -0.3 is 15.0 Å². The Kier molecular flexibility index (Phi) is 5.28. The number of benzene rings is 1. The molecule has 1 heterocycles. The molecule has 0 aromatic heterocycles. The van der Waals surface area contributed by atoms with Gasteiger partial charge in [-0.1, -0.05) is 0 Å². The third-order valence-electron chi connectivity index (χ3n) is 4.68. The van der Waals surface area contributed by atoms with Crippen LogP contribution in [0.3, 0.4) is 0 Å². The standard InChI is InChI=1S/C18H25FN2O2/c1-20-10-16-3-2-8-21(16)18(22)14-6-7-17(19)15(9-14)12-23-11-13-4-5-13/h6-7,9,13,16,20H,2-5,8,10-12H2,1H3/t16-/m1/s1. The van der Waals surface area contributed by atoms with E-state index in [-0.39, 0.29) is 24.4 Å². The molecule has 1 saturated heterocycles. The van der Waals surface area contributed by atoms with E-state index < -0.39 is 0 Å². The van der Waals surface area contributed by atoms with E-state index in [9.17, 15) is 9.18 Å². The predicted molar refractivity (Wildman–Crippen MR) is 86.8 cm³/mol. The zero-order valence-corrected chi connectivity index (χ0v) is 13.7. The molecule has 2 aliphatic rings. The number of ether oxygens (including phenoxy) is 1. The number of carbonyl (C=O) groups excluding carboxylic acids is 1. The van der Waals surface area contributed by atoms with E-state index in [1.54, 1.807) is 12.1 Å². The molecule has 2 fully saturated rings. The normalized spacial score (nSPS) is 21.0. The van der Waals surface area contributed by atoms with E-state index in [1.165, 1.54) is 18.9 Å². The van der Waals surface area contributed by atoms with Gasteiger partial charge >= 0.3 is 0 Å². The summed E-state index contributed by atoms with van der Waals surface area (Å²) in [5, 5.41) is 3.14. The van der Waals surface area contributed by atoms with Gasteiger partial charge in [0.1, 0.15) is 5.82 Å². The lowest BCUT2D eigenvalue weighted by Gasteiger charge is -2.24. The first kappa shape index (κ1) is 16.4. The molecule has 0 bridgehead atoms. The SMILES string of the molecule is CNC[C@H]1CCCN1C(=O)c1ccc(F)c(COCC2CC2)c1. The number of rotatable bonds is 7. The second kappa shape index (κ2) is 7.41. The van der Waals surface area contributed by atoms with Gasteiger partial charge in [-0.05, 0) is 56.8 Å². The van der Waals surface area contributed by atoms with Gasteiger partial charge in [-0.25, -0.2) is 4.39 Å². The van der Waals surface area contributed by atoms with E-state index in [0.717, 1.165) is 25.9 Å². The lowest BCUT2D eigenvalue weighted by Crippen LogP contribution is -2.40. The van der Waals surface area contributed by atoms with Crippen molar-refractivity contribution in [2.24, 2.45) is 5.92 Å². The van der Waals surface area contributed by atoms with E-state index in [0.29, 0.717) is 23.7 Å². The Morgan fingerprint density at radius 2 is 2.22 bits per heavy atom. The Balaban J connectivity index is 1.67. The minimum atomic E-state index is -0.300. The lowest BCUT2D eigenvalue weighted by atomic mass is 10.1. The molecule has 0 unspecified atom stereocenters. The molecule has 1 atom stereocenters. The Morgan fingerprint density at radius 3 is 2.96 bits per heavy atom. The van der Waals surface area contributed by atoms with Gasteiger partial charge in [0.2, 0.25) is 0 Å². The first-order valence-electron chi connectivity index (χ1n) is 8.50. The summed E-state index contributed by atoms with van der Waals surface area (Å²) in [5.41, 5.74) is 1.03. The Labute approximate surface area is 137 Å². The number of nitrogens with zero attached hydrogens (tertiary/aromatic N) is 1. The van der Waals surface area contributed by atoms with Gasteiger partial charge in [-0.15, -0.1) is 0 Å². The van der Waals surface area contributed by atoms with Crippen molar-refractivity contribution in [1.29, 1.82) is 0 Å². The first-order valence-corrected chi connectivity index (χ1v) is 8.50. The van der Waals surface area contributed by atoms with Crippen LogP contribution in [0.1, 0.15) is 41.6 Å². The molecule has 1 aliphatic carbocycles. The molecule has 1 amide bonds. The maximum Gasteiger partial charge on any atom is 0.254 e. The lowest BCUT2D eigenvalue weighted by molar-refractivity contribution is 0.0736. The van der Waals surface area contributed by atoms with Crippen molar-refractivity contribution in [3.63, 3.8) is 0 Å². The van der Waals surface area contributed by atoms with Crippen LogP contribution in [0.4, 0.5) is 4.39 Å². The Morgan fingerprint density at radius 1 is 1.39 bits per heavy atom. The molecule has 1 N–H and O–H groups in total. The minimum Gasteiger partial charge on any atom is -0.376 e. The van der Waals surface area contributed by atoms with Gasteiger partial charge in [-0.2, -0.15) is 0 Å². The first-order chi connectivity index (χ1) is 11.2. The van der Waals surface area contributed by atoms with Crippen LogP contribution >= 0.6 is 0 Å². The van der Waals surface area contributed by atoms with Crippen LogP contribution in [0.5, 0.6) is 0 Å². The summed E-state index contributed by atoms with van der Waals surface area (Å²) < 4.78 is 19.5. The van der Waals surface area contributed by atoms with Crippen molar-refractivity contribution in [1.82, 2.24) is 10.2 Å². The predicted octanol–water partition coefficient (Wildman–Crippen LogP) is 2.58. The minimum absolute atomic E-state index is 0.00815. The van der Waals surface area contributed by atoms with Crippen LogP contribution < -0.4 is 5.32 Å². The van der Waals surface area contributed by atoms with E-state index >= 15 is 0 Å². The number of amides is 1. The van der Waals surface area contributed by atoms with Crippen molar-refractivity contribution in [3.8, 4) is 0 Å². The molecule has 5 heteroatoms. The molecule has 0 radical (unpaired) electrons. The average molecular weight is 320 g/mol. The van der Waals surface area contributed by atoms with Crippen LogP contribution in [0, 0.1) is 11.7 Å². The van der Waals surface area contributed by atoms with Crippen molar-refractivity contribution >= 4 is 5.91 Å². The quantitative estimate of drug-likeness (QED) is 0.839. The molecule has 1 aromatic carbocycles. The summed E-state index contributed by atoms with van der Waals surface area (Å²) in [6.07, 6.45) is 4.47. The molecule has 4 nitrogen and oxygen atoms in total. The molecule has 23 heavy (non-hydrogen) atoms. The van der Waals surface area contributed by atoms with E-state index in [4.69, 9.17) is 4.74 Å². The fourth-order valence-electron chi connectivity index (χ4n) is 3.16. The van der Waals surface area contributed by atoms with Crippen LogP contribution in [0.25, 0.3) is 0 Å². The number of likely N-dealkylation sites (tertiary alicyclic amines) is 1. The zero-order chi connectivity index (χ0) is 16.2. The van der Waals surface area contributed by atoms with Gasteiger partial charge in [0.15, 0.2) is 0 Å². The van der Waals surface area contributed by atoms with Crippen molar-refractivity contribution in [2.75, 3.05) is 26.7 Å². The fraction of sp³-hybridized carbons (Fsp3) is 0.611. The topological polar surface area (TPSA) is 41.6 Å². The van der Waals surface area contributed by atoms with Gasteiger partial charge in [0.05, 0.1) is 6.61 Å². The molecule has 1 aromatic rings. The second-order valence-electron chi connectivity index (χ2n) is 6.62. The highest BCUT2D eigenvalue weighted by Gasteiger charge is 2.29. The summed E-state index contributed by atoms with van der Waals surface area (Å²) >= 11 is 0. The number of hydrogen-bond donors (Lipinski definition) is 1. The highest BCUT2D eigenvalue weighted by Crippen LogP contribution is 2.29. The molecule has 1 aliphatic heterocycles. The maximum absolute atomic E-state index is 13.9. The number of nitrogens with one attached hydrogen (secondary N) is 1. The van der Waals surface area contributed by atoms with Gasteiger partial charge in [0.25, 0.3) is 5.91 Å². The van der Waals surface area contributed by atoms with Crippen LogP contribution in [0.2, 0.25) is 0 Å². The molecular weight excluding hydrogens is 295 g/mol. The molecule has 0 spiro atoms. The highest BCUT2D eigenvalue weighted by atomic mass is 19.1. The van der Waals surface area contributed by atoms with E-state index in [2.05, 4.69) is 5.32 Å². The second-order valence-corrected chi connectivity index (χ2v) is 6.62. The monoisotopic (exact) mass is 320 g/mol. The summed E-state index contributed by atoms with van der Waals surface area (Å²) in [6, 6.07) is 4.84. The van der Waals surface area contributed by atoms with Crippen LogP contribution in [0.15, 0.2) is 18.2 Å². The molecule has 1 saturated carbocycles. The number of hydrogen-bond acceptors (Lipinski definition) is 3. The molecular formula is C18H25FN2O2. The highest BCUT2D eigenvalue weighted by molar-refractivity contribution is 5.94. The summed E-state index contributed by atoms with van der Waals surface area (Å²) in [5.74, 6) is 0.339. The Bertz CT molecular complexity index is 560. The van der Waals surface area contributed by atoms with Gasteiger partial charge in [0, 0.05) is 36.9 Å². The summed E-state index contributed by atoms with van der Waals surface area (Å²) in [4.78, 5) is 14.6. The number of likely N-dealkylation sites (N-methyl/N-ethyl adjacent to an activating group) is 1. The van der Waals surface area contributed by atoms with Gasteiger partial charge in [-0.3, -0.25) is 4.79 Å². The van der Waals surface area contributed by atoms with Crippen LogP contribution in [-0.2, 0) is 11.3 Å². The largest absolute Gasteiger partial charge is 0.376 e. The third-order valence-corrected chi connectivity index (χ3v) is 4.68. The average Bonchev–Trinajstić information content (AvgIpc) is 3.26. The van der Waals surface area contributed by atoms with Crippen molar-refractivity contribution < 1.29 is 13.9 Å². The number of halogens is 1. The summed E-state index contributed by atoms with van der Waals surface area (Å²) in [7, 11) is 1.90. The zero-order valence-electron chi connectivity index (χ0n) is 13.7. The molecule has 3 rings (SSSR count). The van der Waals surface area contributed by atoms with Crippen LogP contribution in [-0.4, -0.2) is 43.6 Å². The fourth-order valence-corrected chi connectivity index (χ4v) is 3.16. The summed E-state index contributed by atoms with van der Waals surface area (Å²) in [6.45, 7) is 2.50. The third kappa shape index (κ3) is 4.09. The number of carbonyl (C=O) groups is 1. The maximum atomic E-state index is 13.9.